The van der Waals surface area contributed by atoms with Crippen molar-refractivity contribution in [2.24, 2.45) is 22.7 Å². The first kappa shape index (κ1) is 61.9. The molecule has 0 bridgehead atoms. The van der Waals surface area contributed by atoms with Crippen LogP contribution >= 0.6 is 0 Å². The van der Waals surface area contributed by atoms with Crippen LogP contribution < -0.4 is 33.8 Å². The molecule has 2 aliphatic carbocycles. The predicted molar refractivity (Wildman–Crippen MR) is 278 cm³/mol. The first-order valence-corrected chi connectivity index (χ1v) is 28.8. The number of rotatable bonds is 16. The summed E-state index contributed by atoms with van der Waals surface area (Å²) in [5.74, 6) is 0.885. The molecule has 3 N–H and O–H groups in total. The number of pyridine rings is 2. The van der Waals surface area contributed by atoms with Gasteiger partial charge in [-0.2, -0.15) is 26.3 Å². The van der Waals surface area contributed by atoms with E-state index in [9.17, 15) is 52.8 Å². The lowest BCUT2D eigenvalue weighted by atomic mass is 9.97. The number of anilines is 1. The Kier molecular flexibility index (Phi) is 18.3. The molecule has 2 amide bonds. The molecule has 4 fully saturated rings. The Labute approximate surface area is 454 Å². The summed E-state index contributed by atoms with van der Waals surface area (Å²) in [7, 11) is -7.82. The minimum Gasteiger partial charge on any atom is -1.00 e. The van der Waals surface area contributed by atoms with Crippen molar-refractivity contribution >= 4 is 37.7 Å². The zero-order chi connectivity index (χ0) is 57.3. The number of aryl methyl sites for hydroxylation is 1. The highest BCUT2D eigenvalue weighted by molar-refractivity contribution is 7.90. The van der Waals surface area contributed by atoms with Gasteiger partial charge in [0.2, 0.25) is 21.8 Å². The summed E-state index contributed by atoms with van der Waals surface area (Å²) in [6.45, 7) is 16.1. The van der Waals surface area contributed by atoms with Crippen molar-refractivity contribution in [2.75, 3.05) is 37.5 Å². The number of halogens is 7. The summed E-state index contributed by atoms with van der Waals surface area (Å²) in [6, 6.07) is 16.4. The SMILES string of the molecule is C[C@@H]1CN(c2nc(-n3ccc(OCCC4(C(F)(F)F)CC4)n3)ccc2C(=O)NS(C)(=O)=O)C(C)(C)C1.C[C@@H]1CNC(C)(C)C1.Cc1nc(-n2ccc(OCCC3(C(F)(F)F)CC3)n2)ccc1C(=O)NS(=O)(=O)c1ccccc1.[F-]. The third kappa shape index (κ3) is 15.5. The highest BCUT2D eigenvalue weighted by Gasteiger charge is 2.63. The van der Waals surface area contributed by atoms with Gasteiger partial charge in [-0.15, -0.1) is 10.2 Å². The summed E-state index contributed by atoms with van der Waals surface area (Å²) in [6.07, 6.45) is -2.09. The van der Waals surface area contributed by atoms with Crippen LogP contribution in [0.3, 0.4) is 0 Å². The van der Waals surface area contributed by atoms with E-state index < -0.39 is 55.0 Å². The number of alkyl halides is 6. The van der Waals surface area contributed by atoms with Crippen molar-refractivity contribution in [2.45, 2.75) is 128 Å². The topological polar surface area (TPSA) is 222 Å². The van der Waals surface area contributed by atoms with E-state index in [0.29, 0.717) is 35.5 Å². The molecule has 18 nitrogen and oxygen atoms in total. The fourth-order valence-electron chi connectivity index (χ4n) is 9.73. The number of benzene rings is 1. The van der Waals surface area contributed by atoms with Crippen molar-refractivity contribution < 1.29 is 66.9 Å². The van der Waals surface area contributed by atoms with Crippen LogP contribution in [0.2, 0.25) is 0 Å². The van der Waals surface area contributed by atoms with Crippen molar-refractivity contribution in [3.05, 3.63) is 95.9 Å². The van der Waals surface area contributed by atoms with Gasteiger partial charge in [0.25, 0.3) is 21.8 Å². The van der Waals surface area contributed by atoms with Crippen LogP contribution in [0.15, 0.2) is 84.0 Å². The highest BCUT2D eigenvalue weighted by Crippen LogP contribution is 2.60. The molecule has 2 atom stereocenters. The van der Waals surface area contributed by atoms with Gasteiger partial charge < -0.3 is 24.4 Å². The molecule has 6 heterocycles. The number of hydrogen-bond donors (Lipinski definition) is 3. The number of nitrogens with one attached hydrogen (secondary N) is 3. The summed E-state index contributed by atoms with van der Waals surface area (Å²) in [5.41, 5.74) is -2.77. The van der Waals surface area contributed by atoms with Gasteiger partial charge in [0.15, 0.2) is 11.6 Å². The number of amides is 2. The second kappa shape index (κ2) is 23.4. The number of hydrogen-bond acceptors (Lipinski definition) is 14. The molecule has 2 aliphatic heterocycles. The van der Waals surface area contributed by atoms with Gasteiger partial charge in [0.05, 0.1) is 52.0 Å². The Hall–Kier alpha value is -6.35. The average Bonchev–Trinajstić information content (AvgIpc) is 4.13. The molecule has 2 saturated carbocycles. The molecule has 4 aromatic heterocycles. The molecule has 27 heteroatoms. The molecular weight excluding hydrogens is 1090 g/mol. The minimum absolute atomic E-state index is 0. The molecule has 434 valence electrons. The smallest absolute Gasteiger partial charge is 0.394 e. The Balaban J connectivity index is 0.000000221. The van der Waals surface area contributed by atoms with E-state index in [-0.39, 0.29) is 95.5 Å². The quantitative estimate of drug-likeness (QED) is 0.0981. The average molecular weight is 1160 g/mol. The maximum Gasteiger partial charge on any atom is 0.394 e. The van der Waals surface area contributed by atoms with E-state index in [1.807, 2.05) is 28.2 Å². The first-order chi connectivity index (χ1) is 36.2. The molecule has 79 heavy (non-hydrogen) atoms. The maximum absolute atomic E-state index is 13.1. The van der Waals surface area contributed by atoms with E-state index in [1.165, 1.54) is 77.1 Å². The van der Waals surface area contributed by atoms with Crippen LogP contribution in [0.25, 0.3) is 11.6 Å². The van der Waals surface area contributed by atoms with Crippen molar-refractivity contribution in [3.8, 4) is 23.4 Å². The Morgan fingerprint density at radius 3 is 1.59 bits per heavy atom. The van der Waals surface area contributed by atoms with E-state index in [1.54, 1.807) is 31.3 Å². The van der Waals surface area contributed by atoms with Gasteiger partial charge in [-0.1, -0.05) is 32.0 Å². The number of carbonyl (C=O) groups is 2. The molecule has 2 saturated heterocycles. The molecular formula is C52H66F7N10O8S2-. The minimum atomic E-state index is -4.23. The largest absolute Gasteiger partial charge is 1.00 e. The lowest BCUT2D eigenvalue weighted by Gasteiger charge is -2.33. The number of carbonyl (C=O) groups excluding carboxylic acids is 2. The zero-order valence-corrected chi connectivity index (χ0v) is 46.6. The Morgan fingerprint density at radius 2 is 1.19 bits per heavy atom. The lowest BCUT2D eigenvalue weighted by molar-refractivity contribution is -0.190. The van der Waals surface area contributed by atoms with Gasteiger partial charge in [0.1, 0.15) is 5.82 Å². The third-order valence-electron chi connectivity index (χ3n) is 14.3. The van der Waals surface area contributed by atoms with E-state index >= 15 is 0 Å². The predicted octanol–water partition coefficient (Wildman–Crippen LogP) is 5.90. The first-order valence-electron chi connectivity index (χ1n) is 25.4. The summed E-state index contributed by atoms with van der Waals surface area (Å²) in [5, 5.41) is 11.9. The number of ether oxygens (including phenoxy) is 2. The van der Waals surface area contributed by atoms with E-state index in [2.05, 4.69) is 53.2 Å². The molecule has 4 aliphatic rings. The summed E-state index contributed by atoms with van der Waals surface area (Å²) >= 11 is 0. The van der Waals surface area contributed by atoms with Crippen molar-refractivity contribution in [1.82, 2.24) is 44.3 Å². The number of aromatic nitrogens is 6. The Morgan fingerprint density at radius 1 is 0.696 bits per heavy atom. The molecule has 0 radical (unpaired) electrons. The molecule has 1 aromatic carbocycles. The number of nitrogens with zero attached hydrogens (tertiary/aromatic N) is 7. The lowest BCUT2D eigenvalue weighted by Crippen LogP contribution is -3.00. The van der Waals surface area contributed by atoms with Crippen LogP contribution in [0.5, 0.6) is 11.8 Å². The van der Waals surface area contributed by atoms with E-state index in [4.69, 9.17) is 9.47 Å². The van der Waals surface area contributed by atoms with Crippen LogP contribution in [0.1, 0.15) is 119 Å². The summed E-state index contributed by atoms with van der Waals surface area (Å²) in [4.78, 5) is 36.2. The highest BCUT2D eigenvalue weighted by atomic mass is 32.2. The van der Waals surface area contributed by atoms with Crippen LogP contribution in [-0.4, -0.2) is 114 Å². The zero-order valence-electron chi connectivity index (χ0n) is 45.0. The second-order valence-electron chi connectivity index (χ2n) is 22.1. The molecule has 5 aromatic rings. The summed E-state index contributed by atoms with van der Waals surface area (Å²) < 4.78 is 144. The monoisotopic (exact) mass is 1160 g/mol. The van der Waals surface area contributed by atoms with Gasteiger partial charge >= 0.3 is 12.4 Å². The molecule has 9 rings (SSSR count). The molecule has 0 unspecified atom stereocenters. The number of sulfonamides is 2. The van der Waals surface area contributed by atoms with E-state index in [0.717, 1.165) is 18.6 Å². The standard InChI is InChI=1S/C23H30F3N5O4S.C22H21F3N4O4S.C7H15N.FH/c1-15-13-21(2,3)30(14-15)19-16(20(32)29-36(4,33)34)5-6-17(27-19)31-11-7-18(28-31)35-12-10-22(8-9-22)23(24,25)26;1-15-17(20(30)28-34(31,32)16-5-3-2-4-6-16)7-8-18(26-15)29-13-9-19(27-29)33-14-12-21(10-11-21)22(23,24)25;1-6-4-7(2,3)8-5-6;/h5-7,11,15H,8-10,12-14H2,1-4H3,(H,29,32);2-9,13H,10-12,14H2,1H3,(H,28,30);6,8H,4-5H2,1-3H3;1H/p-1/t15-;;6-;/m0.0./s1. The molecule has 0 spiro atoms. The third-order valence-corrected chi connectivity index (χ3v) is 16.2. The van der Waals surface area contributed by atoms with Gasteiger partial charge in [-0.3, -0.25) is 9.59 Å². The van der Waals surface area contributed by atoms with Crippen molar-refractivity contribution in [1.29, 1.82) is 0 Å². The second-order valence-corrected chi connectivity index (χ2v) is 25.5. The van der Waals surface area contributed by atoms with Crippen LogP contribution in [0, 0.1) is 29.6 Å². The Bertz CT molecular complexity index is 3180. The van der Waals surface area contributed by atoms with Gasteiger partial charge in [0, 0.05) is 42.1 Å². The van der Waals surface area contributed by atoms with Crippen LogP contribution in [-0.2, 0) is 20.0 Å². The maximum atomic E-state index is 13.1. The van der Waals surface area contributed by atoms with Crippen molar-refractivity contribution in [3.63, 3.8) is 0 Å². The van der Waals surface area contributed by atoms with Gasteiger partial charge in [-0.25, -0.2) is 45.6 Å². The van der Waals surface area contributed by atoms with Gasteiger partial charge in [-0.05, 0) is 141 Å². The van der Waals surface area contributed by atoms with Crippen LogP contribution in [0.4, 0.5) is 32.2 Å². The fourth-order valence-corrected chi connectivity index (χ4v) is 11.2. The normalized spacial score (nSPS) is 19.6. The fraction of sp³-hybridized carbons (Fsp3) is 0.538.